The van der Waals surface area contributed by atoms with Crippen LogP contribution in [0.3, 0.4) is 0 Å². The van der Waals surface area contributed by atoms with E-state index in [9.17, 15) is 4.79 Å². The van der Waals surface area contributed by atoms with E-state index < -0.39 is 0 Å². The molecule has 0 aliphatic carbocycles. The first-order valence-corrected chi connectivity index (χ1v) is 3.69. The minimum atomic E-state index is -0.190. The van der Waals surface area contributed by atoms with Gasteiger partial charge in [-0.25, -0.2) is 4.98 Å². The highest BCUT2D eigenvalue weighted by Gasteiger charge is 2.09. The fourth-order valence-corrected chi connectivity index (χ4v) is 0.770. The Labute approximate surface area is 70.4 Å². The standard InChI is InChI=1S/C7H11N3O2/c1-3-10-5-8-7(9-10)6(11)4-12-2/h5H,3-4H2,1-2H3. The van der Waals surface area contributed by atoms with E-state index in [1.807, 2.05) is 6.92 Å². The number of rotatable bonds is 4. The molecule has 12 heavy (non-hydrogen) atoms. The third-order valence-electron chi connectivity index (χ3n) is 1.39. The Hall–Kier alpha value is -1.23. The summed E-state index contributed by atoms with van der Waals surface area (Å²) in [5.41, 5.74) is 0. The van der Waals surface area contributed by atoms with Crippen LogP contribution in [0.1, 0.15) is 17.5 Å². The molecule has 1 aromatic heterocycles. The molecule has 0 unspecified atom stereocenters. The van der Waals surface area contributed by atoms with Crippen molar-refractivity contribution in [1.29, 1.82) is 0 Å². The van der Waals surface area contributed by atoms with Crippen molar-refractivity contribution in [1.82, 2.24) is 14.8 Å². The van der Waals surface area contributed by atoms with Gasteiger partial charge >= 0.3 is 0 Å². The van der Waals surface area contributed by atoms with Crippen LogP contribution < -0.4 is 0 Å². The molecule has 0 atom stereocenters. The van der Waals surface area contributed by atoms with E-state index in [0.29, 0.717) is 6.54 Å². The van der Waals surface area contributed by atoms with Crippen molar-refractivity contribution in [2.24, 2.45) is 0 Å². The summed E-state index contributed by atoms with van der Waals surface area (Å²) in [7, 11) is 1.47. The Morgan fingerprint density at radius 3 is 3.00 bits per heavy atom. The van der Waals surface area contributed by atoms with Gasteiger partial charge in [0.2, 0.25) is 11.6 Å². The van der Waals surface area contributed by atoms with Crippen molar-refractivity contribution in [3.63, 3.8) is 0 Å². The van der Waals surface area contributed by atoms with Crippen molar-refractivity contribution < 1.29 is 9.53 Å². The van der Waals surface area contributed by atoms with E-state index >= 15 is 0 Å². The maximum Gasteiger partial charge on any atom is 0.227 e. The van der Waals surface area contributed by atoms with Gasteiger partial charge in [0.25, 0.3) is 0 Å². The van der Waals surface area contributed by atoms with Crippen molar-refractivity contribution >= 4 is 5.78 Å². The number of carbonyl (C=O) groups excluding carboxylic acids is 1. The van der Waals surface area contributed by atoms with Crippen molar-refractivity contribution in [2.45, 2.75) is 13.5 Å². The molecular formula is C7H11N3O2. The summed E-state index contributed by atoms with van der Waals surface area (Å²) in [5, 5.41) is 3.92. The van der Waals surface area contributed by atoms with E-state index in [0.717, 1.165) is 0 Å². The van der Waals surface area contributed by atoms with Crippen LogP contribution in [0.25, 0.3) is 0 Å². The molecule has 1 heterocycles. The normalized spacial score (nSPS) is 10.2. The predicted octanol–water partition coefficient (Wildman–Crippen LogP) is 0.127. The summed E-state index contributed by atoms with van der Waals surface area (Å²) >= 11 is 0. The third kappa shape index (κ3) is 1.88. The van der Waals surface area contributed by atoms with Crippen LogP contribution in [-0.2, 0) is 11.3 Å². The van der Waals surface area contributed by atoms with Crippen LogP contribution in [0.15, 0.2) is 6.33 Å². The minimum absolute atomic E-state index is 0.0354. The zero-order chi connectivity index (χ0) is 8.97. The molecule has 0 aliphatic rings. The van der Waals surface area contributed by atoms with Gasteiger partial charge in [-0.3, -0.25) is 9.48 Å². The summed E-state index contributed by atoms with van der Waals surface area (Å²) in [6.45, 7) is 2.68. The molecule has 5 heteroatoms. The van der Waals surface area contributed by atoms with E-state index in [2.05, 4.69) is 14.8 Å². The lowest BCUT2D eigenvalue weighted by Crippen LogP contribution is -2.09. The van der Waals surface area contributed by atoms with Crippen LogP contribution in [0, 0.1) is 0 Å². The van der Waals surface area contributed by atoms with Gasteiger partial charge in [-0.1, -0.05) is 0 Å². The number of Topliss-reactive ketones (excluding diaryl/α,β-unsaturated/α-hetero) is 1. The Morgan fingerprint density at radius 1 is 1.75 bits per heavy atom. The van der Waals surface area contributed by atoms with Gasteiger partial charge in [0.15, 0.2) is 0 Å². The lowest BCUT2D eigenvalue weighted by Gasteiger charge is -1.92. The summed E-state index contributed by atoms with van der Waals surface area (Å²) < 4.78 is 6.26. The molecule has 0 N–H and O–H groups in total. The number of ether oxygens (including phenoxy) is 1. The molecule has 0 saturated carbocycles. The number of hydrogen-bond acceptors (Lipinski definition) is 4. The van der Waals surface area contributed by atoms with Crippen molar-refractivity contribution in [3.05, 3.63) is 12.2 Å². The molecule has 66 valence electrons. The highest BCUT2D eigenvalue weighted by atomic mass is 16.5. The number of aromatic nitrogens is 3. The average Bonchev–Trinajstić information content (AvgIpc) is 2.52. The Balaban J connectivity index is 2.68. The first-order valence-electron chi connectivity index (χ1n) is 3.69. The van der Waals surface area contributed by atoms with Gasteiger partial charge in [-0.2, -0.15) is 0 Å². The highest BCUT2D eigenvalue weighted by Crippen LogP contribution is 1.91. The zero-order valence-electron chi connectivity index (χ0n) is 7.15. The van der Waals surface area contributed by atoms with Crippen molar-refractivity contribution in [2.75, 3.05) is 13.7 Å². The largest absolute Gasteiger partial charge is 0.376 e. The van der Waals surface area contributed by atoms with Crippen LogP contribution >= 0.6 is 0 Å². The quantitative estimate of drug-likeness (QED) is 0.601. The molecule has 0 amide bonds. The van der Waals surface area contributed by atoms with Crippen molar-refractivity contribution in [3.8, 4) is 0 Å². The fourth-order valence-electron chi connectivity index (χ4n) is 0.770. The average molecular weight is 169 g/mol. The fraction of sp³-hybridized carbons (Fsp3) is 0.571. The second kappa shape index (κ2) is 3.96. The molecule has 0 saturated heterocycles. The second-order valence-electron chi connectivity index (χ2n) is 2.28. The number of nitrogens with zero attached hydrogens (tertiary/aromatic N) is 3. The smallest absolute Gasteiger partial charge is 0.227 e. The lowest BCUT2D eigenvalue weighted by molar-refractivity contribution is 0.0837. The lowest BCUT2D eigenvalue weighted by atomic mass is 10.4. The summed E-state index contributed by atoms with van der Waals surface area (Å²) in [5.74, 6) is 0.0309. The van der Waals surface area contributed by atoms with Gasteiger partial charge in [0, 0.05) is 13.7 Å². The van der Waals surface area contributed by atoms with E-state index in [-0.39, 0.29) is 18.2 Å². The third-order valence-corrected chi connectivity index (χ3v) is 1.39. The van der Waals surface area contributed by atoms with Crippen LogP contribution in [0.4, 0.5) is 0 Å². The number of aryl methyl sites for hydroxylation is 1. The predicted molar refractivity (Wildman–Crippen MR) is 41.9 cm³/mol. The number of methoxy groups -OCH3 is 1. The van der Waals surface area contributed by atoms with Crippen LogP contribution in [0.2, 0.25) is 0 Å². The van der Waals surface area contributed by atoms with Crippen LogP contribution in [-0.4, -0.2) is 34.3 Å². The zero-order valence-corrected chi connectivity index (χ0v) is 7.15. The van der Waals surface area contributed by atoms with Crippen LogP contribution in [0.5, 0.6) is 0 Å². The first-order chi connectivity index (χ1) is 5.77. The number of ketones is 1. The number of carbonyl (C=O) groups is 1. The Bertz CT molecular complexity index is 269. The molecule has 1 aromatic rings. The maximum atomic E-state index is 11.1. The second-order valence-corrected chi connectivity index (χ2v) is 2.28. The molecule has 0 bridgehead atoms. The summed E-state index contributed by atoms with van der Waals surface area (Å²) in [4.78, 5) is 14.9. The first kappa shape index (κ1) is 8.86. The molecule has 0 aromatic carbocycles. The SMILES string of the molecule is CCn1cnc(C(=O)COC)n1. The van der Waals surface area contributed by atoms with Gasteiger partial charge in [-0.15, -0.1) is 5.10 Å². The molecule has 1 rings (SSSR count). The van der Waals surface area contributed by atoms with Gasteiger partial charge in [0.05, 0.1) is 0 Å². The van der Waals surface area contributed by atoms with Gasteiger partial charge < -0.3 is 4.74 Å². The monoisotopic (exact) mass is 169 g/mol. The van der Waals surface area contributed by atoms with Gasteiger partial charge in [0.1, 0.15) is 12.9 Å². The topological polar surface area (TPSA) is 57.0 Å². The van der Waals surface area contributed by atoms with E-state index in [1.54, 1.807) is 4.68 Å². The summed E-state index contributed by atoms with van der Waals surface area (Å²) in [6, 6.07) is 0. The summed E-state index contributed by atoms with van der Waals surface area (Å²) in [6.07, 6.45) is 1.53. The van der Waals surface area contributed by atoms with Gasteiger partial charge in [-0.05, 0) is 6.92 Å². The Morgan fingerprint density at radius 2 is 2.50 bits per heavy atom. The minimum Gasteiger partial charge on any atom is -0.376 e. The highest BCUT2D eigenvalue weighted by molar-refractivity contribution is 5.93. The van der Waals surface area contributed by atoms with E-state index in [1.165, 1.54) is 13.4 Å². The number of hydrogen-bond donors (Lipinski definition) is 0. The molecule has 0 radical (unpaired) electrons. The molecule has 0 spiro atoms. The molecular weight excluding hydrogens is 158 g/mol. The molecule has 5 nitrogen and oxygen atoms in total. The maximum absolute atomic E-state index is 11.1. The Kier molecular flexibility index (Phi) is 2.93. The molecule has 0 fully saturated rings. The molecule has 0 aliphatic heterocycles. The van der Waals surface area contributed by atoms with E-state index in [4.69, 9.17) is 0 Å².